The number of hydrogen-bond donors (Lipinski definition) is 1. The molecule has 0 unspecified atom stereocenters. The van der Waals surface area contributed by atoms with Crippen LogP contribution in [-0.2, 0) is 0 Å². The SMILES string of the molecule is CCCCCCCCCCCCCCCCCCNC(=O)Sc1ccccc1. The van der Waals surface area contributed by atoms with Gasteiger partial charge in [-0.15, -0.1) is 0 Å². The molecule has 160 valence electrons. The van der Waals surface area contributed by atoms with E-state index in [0.717, 1.165) is 17.9 Å². The zero-order valence-electron chi connectivity index (χ0n) is 18.2. The smallest absolute Gasteiger partial charge is 0.283 e. The molecule has 1 rings (SSSR count). The lowest BCUT2D eigenvalue weighted by molar-refractivity contribution is 0.260. The zero-order valence-corrected chi connectivity index (χ0v) is 19.0. The first kappa shape index (κ1) is 25.1. The number of unbranched alkanes of at least 4 members (excludes halogenated alkanes) is 15. The van der Waals surface area contributed by atoms with Crippen LogP contribution >= 0.6 is 11.8 Å². The average molecular weight is 406 g/mol. The van der Waals surface area contributed by atoms with E-state index in [0.29, 0.717) is 0 Å². The molecule has 0 fully saturated rings. The molecule has 0 aliphatic rings. The highest BCUT2D eigenvalue weighted by Gasteiger charge is 2.02. The Hall–Kier alpha value is -0.960. The minimum atomic E-state index is 0.0622. The number of carbonyl (C=O) groups excluding carboxylic acids is 1. The summed E-state index contributed by atoms with van der Waals surface area (Å²) in [7, 11) is 0. The Kier molecular flexibility index (Phi) is 17.3. The molecule has 0 saturated heterocycles. The molecule has 0 aromatic heterocycles. The van der Waals surface area contributed by atoms with Crippen LogP contribution in [0.5, 0.6) is 0 Å². The van der Waals surface area contributed by atoms with Gasteiger partial charge in [-0.25, -0.2) is 0 Å². The third-order valence-electron chi connectivity index (χ3n) is 5.25. The second-order valence-corrected chi connectivity index (χ2v) is 8.98. The highest BCUT2D eigenvalue weighted by molar-refractivity contribution is 8.13. The first-order chi connectivity index (χ1) is 13.8. The first-order valence-electron chi connectivity index (χ1n) is 11.8. The molecule has 3 heteroatoms. The van der Waals surface area contributed by atoms with Gasteiger partial charge in [0.25, 0.3) is 5.24 Å². The Morgan fingerprint density at radius 3 is 1.57 bits per heavy atom. The van der Waals surface area contributed by atoms with Crippen molar-refractivity contribution in [2.24, 2.45) is 0 Å². The molecule has 1 aromatic rings. The second kappa shape index (κ2) is 19.4. The third kappa shape index (κ3) is 16.0. The highest BCUT2D eigenvalue weighted by atomic mass is 32.2. The quantitative estimate of drug-likeness (QED) is 0.195. The highest BCUT2D eigenvalue weighted by Crippen LogP contribution is 2.17. The summed E-state index contributed by atoms with van der Waals surface area (Å²) >= 11 is 1.28. The van der Waals surface area contributed by atoms with Crippen LogP contribution in [0, 0.1) is 0 Å². The Bertz CT molecular complexity index is 463. The minimum absolute atomic E-state index is 0.0622. The van der Waals surface area contributed by atoms with Crippen LogP contribution in [0.25, 0.3) is 0 Å². The molecular weight excluding hydrogens is 362 g/mol. The Balaban J connectivity index is 1.74. The van der Waals surface area contributed by atoms with E-state index in [4.69, 9.17) is 0 Å². The summed E-state index contributed by atoms with van der Waals surface area (Å²) in [5.41, 5.74) is 0. The van der Waals surface area contributed by atoms with Gasteiger partial charge >= 0.3 is 0 Å². The van der Waals surface area contributed by atoms with Crippen LogP contribution in [-0.4, -0.2) is 11.8 Å². The van der Waals surface area contributed by atoms with Crippen LogP contribution in [0.1, 0.15) is 110 Å². The van der Waals surface area contributed by atoms with E-state index in [1.165, 1.54) is 108 Å². The van der Waals surface area contributed by atoms with Crippen LogP contribution in [0.4, 0.5) is 4.79 Å². The van der Waals surface area contributed by atoms with Crippen molar-refractivity contribution in [1.82, 2.24) is 5.32 Å². The summed E-state index contributed by atoms with van der Waals surface area (Å²) in [6.07, 6.45) is 22.1. The number of benzene rings is 1. The van der Waals surface area contributed by atoms with Crippen LogP contribution < -0.4 is 5.32 Å². The van der Waals surface area contributed by atoms with Crippen molar-refractivity contribution in [1.29, 1.82) is 0 Å². The van der Waals surface area contributed by atoms with E-state index < -0.39 is 0 Å². The molecule has 0 atom stereocenters. The van der Waals surface area contributed by atoms with Gasteiger partial charge in [0.05, 0.1) is 0 Å². The standard InChI is InChI=1S/C25H43NOS/c1-2-3-4-5-6-7-8-9-10-11-12-13-14-15-16-20-23-26-25(27)28-24-21-18-17-19-22-24/h17-19,21-22H,2-16,20,23H2,1H3,(H,26,27). The van der Waals surface area contributed by atoms with E-state index >= 15 is 0 Å². The lowest BCUT2D eigenvalue weighted by Gasteiger charge is -2.05. The number of rotatable bonds is 18. The fourth-order valence-corrected chi connectivity index (χ4v) is 4.18. The summed E-state index contributed by atoms with van der Waals surface area (Å²) in [6.45, 7) is 3.09. The van der Waals surface area contributed by atoms with Crippen molar-refractivity contribution >= 4 is 17.0 Å². The number of nitrogens with one attached hydrogen (secondary N) is 1. The first-order valence-corrected chi connectivity index (χ1v) is 12.7. The Morgan fingerprint density at radius 1 is 0.679 bits per heavy atom. The van der Waals surface area contributed by atoms with E-state index in [1.807, 2.05) is 30.3 Å². The van der Waals surface area contributed by atoms with Gasteiger partial charge in [-0.05, 0) is 30.3 Å². The van der Waals surface area contributed by atoms with Gasteiger partial charge in [-0.1, -0.05) is 121 Å². The lowest BCUT2D eigenvalue weighted by atomic mass is 10.0. The summed E-state index contributed by atoms with van der Waals surface area (Å²) in [6, 6.07) is 9.84. The predicted molar refractivity (Wildman–Crippen MR) is 125 cm³/mol. The van der Waals surface area contributed by atoms with Crippen molar-refractivity contribution in [3.63, 3.8) is 0 Å². The Morgan fingerprint density at radius 2 is 1.11 bits per heavy atom. The van der Waals surface area contributed by atoms with E-state index in [1.54, 1.807) is 0 Å². The molecule has 1 aromatic carbocycles. The number of hydrogen-bond acceptors (Lipinski definition) is 2. The van der Waals surface area contributed by atoms with Crippen molar-refractivity contribution in [2.75, 3.05) is 6.54 Å². The van der Waals surface area contributed by atoms with Gasteiger partial charge in [0.1, 0.15) is 0 Å². The van der Waals surface area contributed by atoms with Gasteiger partial charge in [0.15, 0.2) is 0 Å². The summed E-state index contributed by atoms with van der Waals surface area (Å²) in [5, 5.41) is 3.07. The van der Waals surface area contributed by atoms with Crippen LogP contribution in [0.3, 0.4) is 0 Å². The van der Waals surface area contributed by atoms with Gasteiger partial charge in [-0.2, -0.15) is 0 Å². The van der Waals surface area contributed by atoms with Crippen molar-refractivity contribution in [3.8, 4) is 0 Å². The number of amides is 1. The third-order valence-corrected chi connectivity index (χ3v) is 6.09. The molecule has 28 heavy (non-hydrogen) atoms. The predicted octanol–water partition coefficient (Wildman–Crippen LogP) is 8.75. The van der Waals surface area contributed by atoms with E-state index in [2.05, 4.69) is 12.2 Å². The molecule has 0 bridgehead atoms. The fourth-order valence-electron chi connectivity index (χ4n) is 3.50. The maximum Gasteiger partial charge on any atom is 0.283 e. The monoisotopic (exact) mass is 405 g/mol. The molecule has 0 radical (unpaired) electrons. The molecule has 0 spiro atoms. The molecule has 0 heterocycles. The summed E-state index contributed by atoms with van der Waals surface area (Å²) in [5.74, 6) is 0. The van der Waals surface area contributed by atoms with Crippen molar-refractivity contribution in [2.45, 2.75) is 115 Å². The lowest BCUT2D eigenvalue weighted by Crippen LogP contribution is -2.19. The molecule has 2 nitrogen and oxygen atoms in total. The molecule has 1 N–H and O–H groups in total. The van der Waals surface area contributed by atoms with E-state index in [9.17, 15) is 4.79 Å². The van der Waals surface area contributed by atoms with Crippen molar-refractivity contribution in [3.05, 3.63) is 30.3 Å². The van der Waals surface area contributed by atoms with Gasteiger partial charge in [0, 0.05) is 11.4 Å². The largest absolute Gasteiger partial charge is 0.347 e. The fraction of sp³-hybridized carbons (Fsp3) is 0.720. The molecule has 0 saturated carbocycles. The van der Waals surface area contributed by atoms with Crippen LogP contribution in [0.2, 0.25) is 0 Å². The molecule has 1 amide bonds. The summed E-state index contributed by atoms with van der Waals surface area (Å²) in [4.78, 5) is 12.8. The molecule has 0 aliphatic carbocycles. The van der Waals surface area contributed by atoms with Crippen molar-refractivity contribution < 1.29 is 4.79 Å². The number of carbonyl (C=O) groups is 1. The number of thioether (sulfide) groups is 1. The Labute approximate surface area is 178 Å². The topological polar surface area (TPSA) is 29.1 Å². The van der Waals surface area contributed by atoms with Crippen LogP contribution in [0.15, 0.2) is 35.2 Å². The van der Waals surface area contributed by atoms with Gasteiger partial charge in [0.2, 0.25) is 0 Å². The minimum Gasteiger partial charge on any atom is -0.347 e. The van der Waals surface area contributed by atoms with Gasteiger partial charge in [-0.3, -0.25) is 4.79 Å². The maximum absolute atomic E-state index is 11.8. The second-order valence-electron chi connectivity index (χ2n) is 7.93. The normalized spacial score (nSPS) is 10.9. The maximum atomic E-state index is 11.8. The molecular formula is C25H43NOS. The average Bonchev–Trinajstić information content (AvgIpc) is 2.71. The van der Waals surface area contributed by atoms with E-state index in [-0.39, 0.29) is 5.24 Å². The molecule has 0 aliphatic heterocycles. The van der Waals surface area contributed by atoms with Gasteiger partial charge < -0.3 is 5.32 Å². The summed E-state index contributed by atoms with van der Waals surface area (Å²) < 4.78 is 0. The zero-order chi connectivity index (χ0) is 20.1.